The molecule has 0 saturated heterocycles. The van der Waals surface area contributed by atoms with Gasteiger partial charge in [0.05, 0.1) is 6.61 Å². The topological polar surface area (TPSA) is 38.3 Å². The van der Waals surface area contributed by atoms with Gasteiger partial charge in [-0.2, -0.15) is 11.8 Å². The molecule has 0 bridgehead atoms. The number of thioether (sulfide) groups is 1. The molecule has 1 N–H and O–H groups in total. The van der Waals surface area contributed by atoms with Crippen molar-refractivity contribution in [2.24, 2.45) is 0 Å². The molecule has 1 atom stereocenters. The van der Waals surface area contributed by atoms with Crippen molar-refractivity contribution in [3.8, 4) is 0 Å². The molecule has 84 valence electrons. The summed E-state index contributed by atoms with van der Waals surface area (Å²) in [4.78, 5) is 11.7. The summed E-state index contributed by atoms with van der Waals surface area (Å²) in [7, 11) is 0. The Balaban J connectivity index is 4.28. The number of carbonyl (C=O) groups excluding carboxylic acids is 1. The molecule has 0 amide bonds. The Labute approximate surface area is 91.0 Å². The van der Waals surface area contributed by atoms with Crippen LogP contribution >= 0.6 is 11.8 Å². The zero-order chi connectivity index (χ0) is 11.0. The second-order valence-electron chi connectivity index (χ2n) is 3.22. The fraction of sp³-hybridized carbons (Fsp3) is 0.900. The van der Waals surface area contributed by atoms with Gasteiger partial charge in [-0.25, -0.2) is 0 Å². The number of esters is 1. The molecule has 4 heteroatoms. The first kappa shape index (κ1) is 13.8. The first-order valence-electron chi connectivity index (χ1n) is 5.10. The van der Waals surface area contributed by atoms with Crippen LogP contribution in [0.5, 0.6) is 0 Å². The average molecular weight is 219 g/mol. The minimum absolute atomic E-state index is 0.150. The number of hydrogen-bond acceptors (Lipinski definition) is 4. The van der Waals surface area contributed by atoms with Crippen molar-refractivity contribution < 1.29 is 9.53 Å². The highest BCUT2D eigenvalue weighted by atomic mass is 32.2. The van der Waals surface area contributed by atoms with Crippen LogP contribution in [0.1, 0.15) is 27.7 Å². The lowest BCUT2D eigenvalue weighted by Gasteiger charge is -2.27. The number of ether oxygens (including phenoxy) is 1. The van der Waals surface area contributed by atoms with Gasteiger partial charge in [0.25, 0.3) is 0 Å². The molecule has 0 spiro atoms. The van der Waals surface area contributed by atoms with Crippen molar-refractivity contribution in [2.75, 3.05) is 24.7 Å². The quantitative estimate of drug-likeness (QED) is 0.661. The summed E-state index contributed by atoms with van der Waals surface area (Å²) in [6, 6.07) is 0. The van der Waals surface area contributed by atoms with Crippen molar-refractivity contribution in [1.29, 1.82) is 0 Å². The van der Waals surface area contributed by atoms with E-state index in [4.69, 9.17) is 4.74 Å². The van der Waals surface area contributed by atoms with E-state index in [2.05, 4.69) is 12.2 Å². The third-order valence-corrected chi connectivity index (χ3v) is 3.08. The van der Waals surface area contributed by atoms with Crippen LogP contribution in [0.25, 0.3) is 0 Å². The van der Waals surface area contributed by atoms with E-state index >= 15 is 0 Å². The highest BCUT2D eigenvalue weighted by Gasteiger charge is 2.33. The third kappa shape index (κ3) is 4.33. The Kier molecular flexibility index (Phi) is 7.01. The van der Waals surface area contributed by atoms with E-state index in [1.807, 2.05) is 20.8 Å². The molecule has 0 aromatic heterocycles. The molecule has 0 saturated carbocycles. The van der Waals surface area contributed by atoms with Gasteiger partial charge in [0, 0.05) is 5.75 Å². The maximum atomic E-state index is 11.7. The average Bonchev–Trinajstić information content (AvgIpc) is 2.15. The maximum Gasteiger partial charge on any atom is 0.326 e. The van der Waals surface area contributed by atoms with Crippen LogP contribution in [0.2, 0.25) is 0 Å². The molecule has 1 unspecified atom stereocenters. The van der Waals surface area contributed by atoms with E-state index in [0.29, 0.717) is 6.61 Å². The van der Waals surface area contributed by atoms with Gasteiger partial charge in [0.15, 0.2) is 0 Å². The number of likely N-dealkylation sites (N-methyl/N-ethyl adjacent to an activating group) is 1. The fourth-order valence-corrected chi connectivity index (χ4v) is 2.00. The van der Waals surface area contributed by atoms with Crippen LogP contribution in [0.15, 0.2) is 0 Å². The molecule has 0 rings (SSSR count). The van der Waals surface area contributed by atoms with E-state index in [0.717, 1.165) is 18.1 Å². The van der Waals surface area contributed by atoms with Crippen LogP contribution in [0, 0.1) is 0 Å². The molecule has 14 heavy (non-hydrogen) atoms. The van der Waals surface area contributed by atoms with Gasteiger partial charge in [-0.05, 0) is 26.1 Å². The van der Waals surface area contributed by atoms with Crippen LogP contribution in [0.3, 0.4) is 0 Å². The SMILES string of the molecule is CCNC(C)(CSCC)C(=O)OCC. The summed E-state index contributed by atoms with van der Waals surface area (Å²) < 4.78 is 5.04. The van der Waals surface area contributed by atoms with Crippen molar-refractivity contribution in [2.45, 2.75) is 33.2 Å². The fourth-order valence-electron chi connectivity index (χ4n) is 1.17. The van der Waals surface area contributed by atoms with Gasteiger partial charge in [0.1, 0.15) is 5.54 Å². The first-order valence-corrected chi connectivity index (χ1v) is 6.26. The zero-order valence-corrected chi connectivity index (χ0v) is 10.4. The monoisotopic (exact) mass is 219 g/mol. The Hall–Kier alpha value is -0.220. The molecule has 0 aromatic rings. The number of rotatable bonds is 7. The minimum atomic E-state index is -0.536. The molecular weight excluding hydrogens is 198 g/mol. The van der Waals surface area contributed by atoms with Crippen molar-refractivity contribution in [3.05, 3.63) is 0 Å². The summed E-state index contributed by atoms with van der Waals surface area (Å²) in [5, 5.41) is 3.18. The Bertz CT molecular complexity index is 176. The normalized spacial score (nSPS) is 14.9. The second kappa shape index (κ2) is 7.12. The van der Waals surface area contributed by atoms with Crippen molar-refractivity contribution >= 4 is 17.7 Å². The predicted molar refractivity (Wildman–Crippen MR) is 61.7 cm³/mol. The van der Waals surface area contributed by atoms with E-state index in [1.54, 1.807) is 11.8 Å². The van der Waals surface area contributed by atoms with Gasteiger partial charge in [0.2, 0.25) is 0 Å². The van der Waals surface area contributed by atoms with Gasteiger partial charge >= 0.3 is 5.97 Å². The van der Waals surface area contributed by atoms with E-state index < -0.39 is 5.54 Å². The summed E-state index contributed by atoms with van der Waals surface area (Å²) in [5.74, 6) is 1.62. The Morgan fingerprint density at radius 1 is 1.43 bits per heavy atom. The summed E-state index contributed by atoms with van der Waals surface area (Å²) in [6.07, 6.45) is 0. The third-order valence-electron chi connectivity index (χ3n) is 1.89. The highest BCUT2D eigenvalue weighted by Crippen LogP contribution is 2.14. The molecular formula is C10H21NO2S. The molecule has 0 aliphatic carbocycles. The van der Waals surface area contributed by atoms with E-state index in [-0.39, 0.29) is 5.97 Å². The molecule has 0 radical (unpaired) electrons. The van der Waals surface area contributed by atoms with E-state index in [1.165, 1.54) is 0 Å². The molecule has 0 aliphatic rings. The standard InChI is InChI=1S/C10H21NO2S/c1-5-11-10(4,8-14-7-3)9(12)13-6-2/h11H,5-8H2,1-4H3. The van der Waals surface area contributed by atoms with Crippen LogP contribution in [0.4, 0.5) is 0 Å². The van der Waals surface area contributed by atoms with Gasteiger partial charge in [-0.3, -0.25) is 4.79 Å². The second-order valence-corrected chi connectivity index (χ2v) is 4.49. The van der Waals surface area contributed by atoms with E-state index in [9.17, 15) is 4.79 Å². The predicted octanol–water partition coefficient (Wildman–Crippen LogP) is 1.67. The maximum absolute atomic E-state index is 11.7. The number of nitrogens with one attached hydrogen (secondary N) is 1. The van der Waals surface area contributed by atoms with Crippen LogP contribution in [-0.4, -0.2) is 36.2 Å². The molecule has 0 fully saturated rings. The molecule has 0 aromatic carbocycles. The lowest BCUT2D eigenvalue weighted by Crippen LogP contribution is -2.52. The minimum Gasteiger partial charge on any atom is -0.465 e. The van der Waals surface area contributed by atoms with Gasteiger partial charge < -0.3 is 10.1 Å². The largest absolute Gasteiger partial charge is 0.465 e. The first-order chi connectivity index (χ1) is 6.60. The summed E-state index contributed by atoms with van der Waals surface area (Å²) >= 11 is 1.75. The smallest absolute Gasteiger partial charge is 0.326 e. The lowest BCUT2D eigenvalue weighted by atomic mass is 10.1. The van der Waals surface area contributed by atoms with Crippen molar-refractivity contribution in [3.63, 3.8) is 0 Å². The number of hydrogen-bond donors (Lipinski definition) is 1. The van der Waals surface area contributed by atoms with Crippen molar-refractivity contribution in [1.82, 2.24) is 5.32 Å². The van der Waals surface area contributed by atoms with Gasteiger partial charge in [-0.15, -0.1) is 0 Å². The van der Waals surface area contributed by atoms with Gasteiger partial charge in [-0.1, -0.05) is 13.8 Å². The highest BCUT2D eigenvalue weighted by molar-refractivity contribution is 7.99. The molecule has 0 aliphatic heterocycles. The van der Waals surface area contributed by atoms with Crippen LogP contribution < -0.4 is 5.32 Å². The summed E-state index contributed by atoms with van der Waals surface area (Å²) in [6.45, 7) is 9.03. The zero-order valence-electron chi connectivity index (χ0n) is 9.55. The molecule has 0 heterocycles. The summed E-state index contributed by atoms with van der Waals surface area (Å²) in [5.41, 5.74) is -0.536. The molecule has 3 nitrogen and oxygen atoms in total. The lowest BCUT2D eigenvalue weighted by molar-refractivity contribution is -0.149. The van der Waals surface area contributed by atoms with Crippen LogP contribution in [-0.2, 0) is 9.53 Å². The number of carbonyl (C=O) groups is 1. The Morgan fingerprint density at radius 3 is 2.50 bits per heavy atom. The Morgan fingerprint density at radius 2 is 2.07 bits per heavy atom.